The first kappa shape index (κ1) is 13.4. The molecule has 1 aromatic carbocycles. The van der Waals surface area contributed by atoms with Gasteiger partial charge in [-0.05, 0) is 50.4 Å². The molecule has 0 unspecified atom stereocenters. The topological polar surface area (TPSA) is 21.3 Å². The lowest BCUT2D eigenvalue weighted by molar-refractivity contribution is 0.131. The largest absolute Gasteiger partial charge is 0.490 e. The van der Waals surface area contributed by atoms with Crippen molar-refractivity contribution in [2.45, 2.75) is 46.1 Å². The first-order valence-corrected chi connectivity index (χ1v) is 7.16. The van der Waals surface area contributed by atoms with Crippen LogP contribution in [0.4, 0.5) is 0 Å². The molecule has 2 rings (SSSR count). The van der Waals surface area contributed by atoms with Gasteiger partial charge in [-0.3, -0.25) is 0 Å². The number of rotatable bonds is 5. The summed E-state index contributed by atoms with van der Waals surface area (Å²) in [6, 6.07) is 6.34. The van der Waals surface area contributed by atoms with Gasteiger partial charge in [0, 0.05) is 12.5 Å². The summed E-state index contributed by atoms with van der Waals surface area (Å²) in [4.78, 5) is 0. The minimum absolute atomic E-state index is 0.366. The van der Waals surface area contributed by atoms with E-state index in [1.165, 1.54) is 24.0 Å². The van der Waals surface area contributed by atoms with Crippen molar-refractivity contribution in [3.63, 3.8) is 0 Å². The number of nitrogens with one attached hydrogen (secondary N) is 1. The van der Waals surface area contributed by atoms with E-state index in [1.54, 1.807) is 0 Å². The third-order valence-electron chi connectivity index (χ3n) is 4.03. The Hall–Kier alpha value is -1.02. The van der Waals surface area contributed by atoms with Crippen LogP contribution in [-0.2, 0) is 0 Å². The molecule has 0 spiro atoms. The molecule has 0 aromatic heterocycles. The summed E-state index contributed by atoms with van der Waals surface area (Å²) in [6.07, 6.45) is 3.95. The lowest BCUT2D eigenvalue weighted by Gasteiger charge is -2.25. The van der Waals surface area contributed by atoms with Gasteiger partial charge in [0.05, 0.1) is 0 Å². The van der Waals surface area contributed by atoms with Gasteiger partial charge >= 0.3 is 0 Å². The minimum atomic E-state index is 0.366. The molecule has 100 valence electrons. The van der Waals surface area contributed by atoms with E-state index in [2.05, 4.69) is 44.3 Å². The van der Waals surface area contributed by atoms with Crippen LogP contribution in [0, 0.1) is 19.8 Å². The zero-order valence-corrected chi connectivity index (χ0v) is 11.8. The molecule has 18 heavy (non-hydrogen) atoms. The van der Waals surface area contributed by atoms with Crippen LogP contribution in [0.1, 0.15) is 37.3 Å². The van der Waals surface area contributed by atoms with Crippen LogP contribution in [0.5, 0.6) is 5.75 Å². The molecule has 0 amide bonds. The van der Waals surface area contributed by atoms with Crippen LogP contribution >= 0.6 is 0 Å². The quantitative estimate of drug-likeness (QED) is 0.860. The molecular formula is C16H25NO. The molecule has 0 bridgehead atoms. The van der Waals surface area contributed by atoms with E-state index >= 15 is 0 Å². The van der Waals surface area contributed by atoms with Gasteiger partial charge < -0.3 is 10.1 Å². The van der Waals surface area contributed by atoms with E-state index in [9.17, 15) is 0 Å². The Balaban J connectivity index is 2.10. The van der Waals surface area contributed by atoms with E-state index < -0.39 is 0 Å². The average Bonchev–Trinajstić information content (AvgIpc) is 2.88. The standard InChI is InChI=1S/C16H25NO/c1-4-6-16(14-9-10-17-11-14)18-15-8-5-7-12(2)13(15)3/h5,7-8,14,16-17H,4,6,9-11H2,1-3H3/t14-,16-/m0/s1. The Labute approximate surface area is 111 Å². The van der Waals surface area contributed by atoms with Gasteiger partial charge in [-0.1, -0.05) is 25.5 Å². The molecule has 2 atom stereocenters. The van der Waals surface area contributed by atoms with Crippen LogP contribution in [-0.4, -0.2) is 19.2 Å². The molecule has 1 fully saturated rings. The van der Waals surface area contributed by atoms with Crippen molar-refractivity contribution in [1.82, 2.24) is 5.32 Å². The third-order valence-corrected chi connectivity index (χ3v) is 4.03. The fraction of sp³-hybridized carbons (Fsp3) is 0.625. The number of aryl methyl sites for hydroxylation is 1. The smallest absolute Gasteiger partial charge is 0.122 e. The van der Waals surface area contributed by atoms with E-state index in [4.69, 9.17) is 4.74 Å². The highest BCUT2D eigenvalue weighted by molar-refractivity contribution is 5.38. The maximum atomic E-state index is 6.31. The highest BCUT2D eigenvalue weighted by Crippen LogP contribution is 2.27. The molecule has 1 heterocycles. The fourth-order valence-corrected chi connectivity index (χ4v) is 2.68. The zero-order valence-electron chi connectivity index (χ0n) is 11.8. The van der Waals surface area contributed by atoms with E-state index in [0.29, 0.717) is 12.0 Å². The molecule has 2 heteroatoms. The first-order chi connectivity index (χ1) is 8.72. The number of hydrogen-bond acceptors (Lipinski definition) is 2. The van der Waals surface area contributed by atoms with Crippen LogP contribution in [0.2, 0.25) is 0 Å². The number of benzene rings is 1. The molecule has 1 saturated heterocycles. The van der Waals surface area contributed by atoms with Crippen molar-refractivity contribution >= 4 is 0 Å². The van der Waals surface area contributed by atoms with Gasteiger partial charge in [0.15, 0.2) is 0 Å². The molecule has 0 radical (unpaired) electrons. The molecule has 0 saturated carbocycles. The molecular weight excluding hydrogens is 222 g/mol. The second-order valence-corrected chi connectivity index (χ2v) is 5.40. The molecule has 2 nitrogen and oxygen atoms in total. The van der Waals surface area contributed by atoms with Gasteiger partial charge in [0.2, 0.25) is 0 Å². The first-order valence-electron chi connectivity index (χ1n) is 7.16. The van der Waals surface area contributed by atoms with Crippen LogP contribution < -0.4 is 10.1 Å². The summed E-state index contributed by atoms with van der Waals surface area (Å²) >= 11 is 0. The van der Waals surface area contributed by atoms with E-state index in [0.717, 1.165) is 25.3 Å². The summed E-state index contributed by atoms with van der Waals surface area (Å²) in [5, 5.41) is 3.44. The van der Waals surface area contributed by atoms with Crippen LogP contribution in [0.25, 0.3) is 0 Å². The van der Waals surface area contributed by atoms with Crippen LogP contribution in [0.15, 0.2) is 18.2 Å². The van der Waals surface area contributed by atoms with Crippen molar-refractivity contribution in [3.8, 4) is 5.75 Å². The van der Waals surface area contributed by atoms with Gasteiger partial charge in [0.1, 0.15) is 11.9 Å². The second kappa shape index (κ2) is 6.24. The summed E-state index contributed by atoms with van der Waals surface area (Å²) in [7, 11) is 0. The van der Waals surface area contributed by atoms with E-state index in [-0.39, 0.29) is 0 Å². The predicted molar refractivity (Wildman–Crippen MR) is 76.2 cm³/mol. The highest BCUT2D eigenvalue weighted by Gasteiger charge is 2.26. The minimum Gasteiger partial charge on any atom is -0.490 e. The van der Waals surface area contributed by atoms with Crippen LogP contribution in [0.3, 0.4) is 0 Å². The van der Waals surface area contributed by atoms with Gasteiger partial charge in [-0.2, -0.15) is 0 Å². The number of ether oxygens (including phenoxy) is 1. The molecule has 1 aliphatic heterocycles. The lowest BCUT2D eigenvalue weighted by atomic mass is 9.97. The maximum absolute atomic E-state index is 6.31. The zero-order chi connectivity index (χ0) is 13.0. The highest BCUT2D eigenvalue weighted by atomic mass is 16.5. The Kier molecular flexibility index (Phi) is 4.65. The second-order valence-electron chi connectivity index (χ2n) is 5.40. The Bertz CT molecular complexity index is 383. The van der Waals surface area contributed by atoms with Gasteiger partial charge in [0.25, 0.3) is 0 Å². The Morgan fingerprint density at radius 3 is 2.89 bits per heavy atom. The van der Waals surface area contributed by atoms with Crippen molar-refractivity contribution in [3.05, 3.63) is 29.3 Å². The van der Waals surface area contributed by atoms with Crippen molar-refractivity contribution in [2.24, 2.45) is 5.92 Å². The molecule has 1 aromatic rings. The predicted octanol–water partition coefficient (Wildman–Crippen LogP) is 3.46. The molecule has 1 aliphatic rings. The van der Waals surface area contributed by atoms with Gasteiger partial charge in [-0.25, -0.2) is 0 Å². The third kappa shape index (κ3) is 3.05. The summed E-state index contributed by atoms with van der Waals surface area (Å²) in [6.45, 7) is 8.78. The Morgan fingerprint density at radius 2 is 2.22 bits per heavy atom. The van der Waals surface area contributed by atoms with Crippen molar-refractivity contribution in [1.29, 1.82) is 0 Å². The Morgan fingerprint density at radius 1 is 1.39 bits per heavy atom. The maximum Gasteiger partial charge on any atom is 0.122 e. The summed E-state index contributed by atoms with van der Waals surface area (Å²) in [5.41, 5.74) is 2.59. The molecule has 1 N–H and O–H groups in total. The average molecular weight is 247 g/mol. The molecule has 0 aliphatic carbocycles. The van der Waals surface area contributed by atoms with Crippen molar-refractivity contribution in [2.75, 3.05) is 13.1 Å². The monoisotopic (exact) mass is 247 g/mol. The summed E-state index contributed by atoms with van der Waals surface area (Å²) < 4.78 is 6.31. The number of hydrogen-bond donors (Lipinski definition) is 1. The summed E-state index contributed by atoms with van der Waals surface area (Å²) in [5.74, 6) is 1.74. The van der Waals surface area contributed by atoms with Crippen molar-refractivity contribution < 1.29 is 4.74 Å². The van der Waals surface area contributed by atoms with Gasteiger partial charge in [-0.15, -0.1) is 0 Å². The van der Waals surface area contributed by atoms with E-state index in [1.807, 2.05) is 0 Å². The SMILES string of the molecule is CCC[C@H](Oc1cccc(C)c1C)[C@H]1CCNC1. The lowest BCUT2D eigenvalue weighted by Crippen LogP contribution is -2.29. The fourth-order valence-electron chi connectivity index (χ4n) is 2.68. The normalized spacial score (nSPS) is 20.9.